The Balaban J connectivity index is 1.35. The highest BCUT2D eigenvalue weighted by Crippen LogP contribution is 2.28. The first-order valence-electron chi connectivity index (χ1n) is 10.3. The summed E-state index contributed by atoms with van der Waals surface area (Å²) in [6.45, 7) is 1.59. The molecule has 6 nitrogen and oxygen atoms in total. The Morgan fingerprint density at radius 2 is 1.87 bits per heavy atom. The van der Waals surface area contributed by atoms with E-state index in [4.69, 9.17) is 0 Å². The van der Waals surface area contributed by atoms with Gasteiger partial charge in [-0.3, -0.25) is 14.3 Å². The topological polar surface area (TPSA) is 58.4 Å². The number of amides is 2. The standard InChI is InChI=1S/C24H26N4O2S/c1-26(14-19-13-25-27(16-19)15-18-6-4-3-5-7-18)24(30)20-12-23(29)28(17-20)21-8-10-22(31-2)11-9-21/h3-11,13,16,20H,12,14-15,17H2,1-2H3/t20-/m1/s1. The minimum Gasteiger partial charge on any atom is -0.341 e. The molecule has 3 aromatic rings. The largest absolute Gasteiger partial charge is 0.341 e. The number of hydrogen-bond acceptors (Lipinski definition) is 4. The Morgan fingerprint density at radius 3 is 2.58 bits per heavy atom. The lowest BCUT2D eigenvalue weighted by Gasteiger charge is -2.21. The van der Waals surface area contributed by atoms with Crippen LogP contribution in [-0.4, -0.2) is 46.3 Å². The number of nitrogens with zero attached hydrogens (tertiary/aromatic N) is 4. The molecule has 2 heterocycles. The van der Waals surface area contributed by atoms with Gasteiger partial charge in [0.2, 0.25) is 11.8 Å². The Labute approximate surface area is 186 Å². The van der Waals surface area contributed by atoms with Crippen LogP contribution in [0.1, 0.15) is 17.5 Å². The highest BCUT2D eigenvalue weighted by Gasteiger charge is 2.36. The lowest BCUT2D eigenvalue weighted by molar-refractivity contribution is -0.135. The highest BCUT2D eigenvalue weighted by molar-refractivity contribution is 7.98. The zero-order chi connectivity index (χ0) is 21.8. The van der Waals surface area contributed by atoms with Crippen molar-refractivity contribution in [1.82, 2.24) is 14.7 Å². The second-order valence-corrected chi connectivity index (χ2v) is 8.71. The number of anilines is 1. The van der Waals surface area contributed by atoms with Crippen LogP contribution in [0.5, 0.6) is 0 Å². The van der Waals surface area contributed by atoms with E-state index in [0.29, 0.717) is 19.6 Å². The fraction of sp³-hybridized carbons (Fsp3) is 0.292. The van der Waals surface area contributed by atoms with E-state index in [1.54, 1.807) is 34.8 Å². The molecule has 0 aliphatic carbocycles. The van der Waals surface area contributed by atoms with Crippen molar-refractivity contribution in [3.8, 4) is 0 Å². The van der Waals surface area contributed by atoms with Gasteiger partial charge in [0.05, 0.1) is 18.7 Å². The Morgan fingerprint density at radius 1 is 1.13 bits per heavy atom. The maximum absolute atomic E-state index is 13.0. The number of rotatable bonds is 7. The predicted molar refractivity (Wildman–Crippen MR) is 123 cm³/mol. The van der Waals surface area contributed by atoms with Gasteiger partial charge in [-0.2, -0.15) is 5.10 Å². The molecule has 0 radical (unpaired) electrons. The van der Waals surface area contributed by atoms with Crippen molar-refractivity contribution in [3.05, 3.63) is 78.1 Å². The Hall–Kier alpha value is -3.06. The van der Waals surface area contributed by atoms with Crippen LogP contribution in [0.25, 0.3) is 0 Å². The lowest BCUT2D eigenvalue weighted by atomic mass is 10.1. The maximum Gasteiger partial charge on any atom is 0.228 e. The average Bonchev–Trinajstić information content (AvgIpc) is 3.40. The van der Waals surface area contributed by atoms with Gasteiger partial charge < -0.3 is 9.80 Å². The molecule has 1 atom stereocenters. The second kappa shape index (κ2) is 9.39. The SMILES string of the molecule is CSc1ccc(N2C[C@H](C(=O)N(C)Cc3cnn(Cc4ccccc4)c3)CC2=O)cc1. The van der Waals surface area contributed by atoms with Crippen LogP contribution in [0, 0.1) is 5.92 Å². The van der Waals surface area contributed by atoms with Crippen LogP contribution >= 0.6 is 11.8 Å². The van der Waals surface area contributed by atoms with Crippen LogP contribution in [0.15, 0.2) is 71.9 Å². The number of thioether (sulfide) groups is 1. The molecule has 7 heteroatoms. The van der Waals surface area contributed by atoms with Gasteiger partial charge in [-0.05, 0) is 36.1 Å². The molecule has 2 aromatic carbocycles. The van der Waals surface area contributed by atoms with E-state index in [1.165, 1.54) is 5.56 Å². The molecular formula is C24H26N4O2S. The summed E-state index contributed by atoms with van der Waals surface area (Å²) in [5.41, 5.74) is 3.00. The predicted octanol–water partition coefficient (Wildman–Crippen LogP) is 3.66. The third-order valence-corrected chi connectivity index (χ3v) is 6.27. The summed E-state index contributed by atoms with van der Waals surface area (Å²) >= 11 is 1.66. The van der Waals surface area contributed by atoms with Crippen molar-refractivity contribution < 1.29 is 9.59 Å². The van der Waals surface area contributed by atoms with Crippen LogP contribution < -0.4 is 4.90 Å². The third-order valence-electron chi connectivity index (χ3n) is 5.53. The van der Waals surface area contributed by atoms with Crippen molar-refractivity contribution >= 4 is 29.3 Å². The first-order valence-corrected chi connectivity index (χ1v) is 11.5. The molecule has 0 N–H and O–H groups in total. The van der Waals surface area contributed by atoms with Crippen LogP contribution in [0.3, 0.4) is 0 Å². The zero-order valence-corrected chi connectivity index (χ0v) is 18.6. The van der Waals surface area contributed by atoms with Crippen molar-refractivity contribution in [3.63, 3.8) is 0 Å². The molecule has 31 heavy (non-hydrogen) atoms. The third kappa shape index (κ3) is 4.99. The number of benzene rings is 2. The molecule has 0 unspecified atom stereocenters. The molecule has 2 amide bonds. The molecule has 0 spiro atoms. The monoisotopic (exact) mass is 434 g/mol. The van der Waals surface area contributed by atoms with Gasteiger partial charge in [-0.1, -0.05) is 30.3 Å². The van der Waals surface area contributed by atoms with Crippen LogP contribution in [0.4, 0.5) is 5.69 Å². The quantitative estimate of drug-likeness (QED) is 0.533. The van der Waals surface area contributed by atoms with Gasteiger partial charge in [0, 0.05) is 48.9 Å². The van der Waals surface area contributed by atoms with Crippen molar-refractivity contribution in [2.75, 3.05) is 24.7 Å². The van der Waals surface area contributed by atoms with E-state index in [2.05, 4.69) is 17.2 Å². The summed E-state index contributed by atoms with van der Waals surface area (Å²) in [5.74, 6) is -0.330. The first-order chi connectivity index (χ1) is 15.0. The minimum atomic E-state index is -0.322. The van der Waals surface area contributed by atoms with Gasteiger partial charge in [-0.25, -0.2) is 0 Å². The van der Waals surface area contributed by atoms with E-state index in [1.807, 2.05) is 59.6 Å². The number of aromatic nitrogens is 2. The summed E-state index contributed by atoms with van der Waals surface area (Å²) in [6.07, 6.45) is 6.04. The Bertz CT molecular complexity index is 1050. The van der Waals surface area contributed by atoms with Gasteiger partial charge >= 0.3 is 0 Å². The zero-order valence-electron chi connectivity index (χ0n) is 17.8. The molecule has 1 fully saturated rings. The van der Waals surface area contributed by atoms with Crippen molar-refractivity contribution in [2.24, 2.45) is 5.92 Å². The molecule has 1 aliphatic heterocycles. The maximum atomic E-state index is 13.0. The molecule has 160 valence electrons. The molecule has 0 bridgehead atoms. The van der Waals surface area contributed by atoms with Gasteiger partial charge in [-0.15, -0.1) is 11.8 Å². The highest BCUT2D eigenvalue weighted by atomic mass is 32.2. The smallest absolute Gasteiger partial charge is 0.228 e. The summed E-state index contributed by atoms with van der Waals surface area (Å²) < 4.78 is 1.88. The molecule has 1 aromatic heterocycles. The van der Waals surface area contributed by atoms with Crippen LogP contribution in [-0.2, 0) is 22.7 Å². The van der Waals surface area contributed by atoms with E-state index in [0.717, 1.165) is 16.1 Å². The fourth-order valence-electron chi connectivity index (χ4n) is 3.89. The number of hydrogen-bond donors (Lipinski definition) is 0. The molecule has 1 saturated heterocycles. The molecule has 1 aliphatic rings. The van der Waals surface area contributed by atoms with E-state index < -0.39 is 0 Å². The Kier molecular flexibility index (Phi) is 6.42. The molecule has 0 saturated carbocycles. The second-order valence-electron chi connectivity index (χ2n) is 7.83. The summed E-state index contributed by atoms with van der Waals surface area (Å²) in [7, 11) is 1.79. The first kappa shape index (κ1) is 21.2. The van der Waals surface area contributed by atoms with E-state index >= 15 is 0 Å². The van der Waals surface area contributed by atoms with Gasteiger partial charge in [0.1, 0.15) is 0 Å². The van der Waals surface area contributed by atoms with E-state index in [9.17, 15) is 9.59 Å². The van der Waals surface area contributed by atoms with Crippen LogP contribution in [0.2, 0.25) is 0 Å². The lowest BCUT2D eigenvalue weighted by Crippen LogP contribution is -2.34. The van der Waals surface area contributed by atoms with E-state index in [-0.39, 0.29) is 24.2 Å². The van der Waals surface area contributed by atoms with Crippen molar-refractivity contribution in [1.29, 1.82) is 0 Å². The minimum absolute atomic E-state index is 0.000618. The summed E-state index contributed by atoms with van der Waals surface area (Å²) in [6, 6.07) is 18.0. The summed E-state index contributed by atoms with van der Waals surface area (Å²) in [5, 5.41) is 4.41. The normalized spacial score (nSPS) is 16.0. The molecule has 4 rings (SSSR count). The van der Waals surface area contributed by atoms with Gasteiger partial charge in [0.15, 0.2) is 0 Å². The fourth-order valence-corrected chi connectivity index (χ4v) is 4.30. The number of carbonyl (C=O) groups is 2. The van der Waals surface area contributed by atoms with Gasteiger partial charge in [0.25, 0.3) is 0 Å². The van der Waals surface area contributed by atoms with Crippen molar-refractivity contribution in [2.45, 2.75) is 24.4 Å². The average molecular weight is 435 g/mol. The molecular weight excluding hydrogens is 408 g/mol. The number of carbonyl (C=O) groups excluding carboxylic acids is 2. The summed E-state index contributed by atoms with van der Waals surface area (Å²) in [4.78, 5) is 30.1.